The van der Waals surface area contributed by atoms with Crippen LogP contribution in [-0.4, -0.2) is 15.2 Å². The third kappa shape index (κ3) is 2.45. The summed E-state index contributed by atoms with van der Waals surface area (Å²) in [5.74, 6) is 0.793. The molecular formula is C16H16N4. The van der Waals surface area contributed by atoms with Gasteiger partial charge in [-0.3, -0.25) is 4.98 Å². The molecule has 20 heavy (non-hydrogen) atoms. The van der Waals surface area contributed by atoms with E-state index in [9.17, 15) is 0 Å². The van der Waals surface area contributed by atoms with Crippen molar-refractivity contribution in [2.24, 2.45) is 0 Å². The highest BCUT2D eigenvalue weighted by atomic mass is 15.2. The van der Waals surface area contributed by atoms with Crippen LogP contribution in [-0.2, 0) is 6.54 Å². The maximum absolute atomic E-state index is 4.45. The fraction of sp³-hybridized carbons (Fsp3) is 0.188. The van der Waals surface area contributed by atoms with Crippen LogP contribution < -0.4 is 5.32 Å². The summed E-state index contributed by atoms with van der Waals surface area (Å²) in [6, 6.07) is 12.2. The third-order valence-electron chi connectivity index (χ3n) is 3.41. The molecule has 0 amide bonds. The van der Waals surface area contributed by atoms with Crippen LogP contribution in [0.25, 0.3) is 10.9 Å². The van der Waals surface area contributed by atoms with E-state index in [1.54, 1.807) is 0 Å². The molecule has 2 aromatic heterocycles. The van der Waals surface area contributed by atoms with Gasteiger partial charge in [0, 0.05) is 18.1 Å². The lowest BCUT2D eigenvalue weighted by Crippen LogP contribution is -2.04. The van der Waals surface area contributed by atoms with Crippen LogP contribution in [0.5, 0.6) is 0 Å². The first-order valence-electron chi connectivity index (χ1n) is 6.61. The van der Waals surface area contributed by atoms with Gasteiger partial charge in [0.2, 0.25) is 0 Å². The Morgan fingerprint density at radius 2 is 1.90 bits per heavy atom. The largest absolute Gasteiger partial charge is 0.364 e. The van der Waals surface area contributed by atoms with Gasteiger partial charge in [-0.15, -0.1) is 5.10 Å². The topological polar surface area (TPSA) is 50.7 Å². The Labute approximate surface area is 117 Å². The van der Waals surface area contributed by atoms with E-state index in [0.717, 1.165) is 33.5 Å². The molecule has 4 nitrogen and oxygen atoms in total. The summed E-state index contributed by atoms with van der Waals surface area (Å²) in [5, 5.41) is 12.7. The summed E-state index contributed by atoms with van der Waals surface area (Å²) in [7, 11) is 0. The number of aromatic nitrogens is 3. The number of nitrogens with zero attached hydrogens (tertiary/aromatic N) is 3. The molecule has 0 saturated carbocycles. The Hall–Kier alpha value is -2.49. The summed E-state index contributed by atoms with van der Waals surface area (Å²) in [6.45, 7) is 4.68. The third-order valence-corrected chi connectivity index (χ3v) is 3.41. The van der Waals surface area contributed by atoms with Crippen molar-refractivity contribution in [3.63, 3.8) is 0 Å². The van der Waals surface area contributed by atoms with Gasteiger partial charge in [-0.25, -0.2) is 0 Å². The summed E-state index contributed by atoms with van der Waals surface area (Å²) < 4.78 is 0. The second kappa shape index (κ2) is 5.25. The molecular weight excluding hydrogens is 248 g/mol. The van der Waals surface area contributed by atoms with Crippen LogP contribution in [0.4, 0.5) is 5.82 Å². The lowest BCUT2D eigenvalue weighted by molar-refractivity contribution is 0.948. The zero-order valence-electron chi connectivity index (χ0n) is 11.6. The van der Waals surface area contributed by atoms with E-state index in [2.05, 4.69) is 38.7 Å². The number of rotatable bonds is 3. The molecule has 0 radical (unpaired) electrons. The van der Waals surface area contributed by atoms with Crippen LogP contribution in [0.15, 0.2) is 42.6 Å². The van der Waals surface area contributed by atoms with Gasteiger partial charge in [-0.1, -0.05) is 24.3 Å². The number of hydrogen-bond acceptors (Lipinski definition) is 4. The molecule has 2 heterocycles. The van der Waals surface area contributed by atoms with E-state index in [1.165, 1.54) is 0 Å². The Morgan fingerprint density at radius 3 is 2.75 bits per heavy atom. The van der Waals surface area contributed by atoms with Gasteiger partial charge >= 0.3 is 0 Å². The molecule has 0 saturated heterocycles. The first kappa shape index (κ1) is 12.5. The molecule has 0 unspecified atom stereocenters. The Bertz CT molecular complexity index is 747. The van der Waals surface area contributed by atoms with Crippen molar-refractivity contribution < 1.29 is 0 Å². The van der Waals surface area contributed by atoms with Crippen molar-refractivity contribution in [3.8, 4) is 0 Å². The molecule has 0 bridgehead atoms. The van der Waals surface area contributed by atoms with Crippen LogP contribution >= 0.6 is 0 Å². The molecule has 0 fully saturated rings. The van der Waals surface area contributed by atoms with Crippen LogP contribution in [0.2, 0.25) is 0 Å². The van der Waals surface area contributed by atoms with E-state index in [0.29, 0.717) is 6.54 Å². The van der Waals surface area contributed by atoms with Crippen LogP contribution in [0, 0.1) is 13.8 Å². The monoisotopic (exact) mass is 264 g/mol. The standard InChI is InChI=1S/C16H16N4/c1-11-9-15(20-19-12(11)2)18-10-14-6-3-5-13-7-4-8-17-16(13)14/h3-9H,10H2,1-2H3,(H,18,20). The minimum atomic E-state index is 0.686. The smallest absolute Gasteiger partial charge is 0.149 e. The van der Waals surface area contributed by atoms with E-state index >= 15 is 0 Å². The molecule has 1 aromatic carbocycles. The molecule has 1 N–H and O–H groups in total. The molecule has 3 aromatic rings. The average molecular weight is 264 g/mol. The number of para-hydroxylation sites is 1. The predicted molar refractivity (Wildman–Crippen MR) is 80.6 cm³/mol. The van der Waals surface area contributed by atoms with Crippen LogP contribution in [0.3, 0.4) is 0 Å². The fourth-order valence-corrected chi connectivity index (χ4v) is 2.13. The number of aryl methyl sites for hydroxylation is 2. The first-order valence-corrected chi connectivity index (χ1v) is 6.61. The van der Waals surface area contributed by atoms with Crippen molar-refractivity contribution in [2.45, 2.75) is 20.4 Å². The maximum atomic E-state index is 4.45. The number of hydrogen-bond donors (Lipinski definition) is 1. The Balaban J connectivity index is 1.85. The highest BCUT2D eigenvalue weighted by Crippen LogP contribution is 2.17. The van der Waals surface area contributed by atoms with Crippen LogP contribution in [0.1, 0.15) is 16.8 Å². The van der Waals surface area contributed by atoms with E-state index in [-0.39, 0.29) is 0 Å². The predicted octanol–water partition coefficient (Wildman–Crippen LogP) is 3.25. The van der Waals surface area contributed by atoms with Gasteiger partial charge < -0.3 is 5.32 Å². The summed E-state index contributed by atoms with van der Waals surface area (Å²) >= 11 is 0. The number of pyridine rings is 1. The highest BCUT2D eigenvalue weighted by Gasteiger charge is 2.03. The molecule has 0 atom stereocenters. The van der Waals surface area contributed by atoms with Crippen molar-refractivity contribution in [1.29, 1.82) is 0 Å². The van der Waals surface area contributed by atoms with Crippen molar-refractivity contribution in [2.75, 3.05) is 5.32 Å². The second-order valence-electron chi connectivity index (χ2n) is 4.84. The Morgan fingerprint density at radius 1 is 1.05 bits per heavy atom. The lowest BCUT2D eigenvalue weighted by Gasteiger charge is -2.08. The zero-order valence-corrected chi connectivity index (χ0v) is 11.6. The summed E-state index contributed by atoms with van der Waals surface area (Å²) in [5.41, 5.74) is 4.28. The zero-order chi connectivity index (χ0) is 13.9. The minimum Gasteiger partial charge on any atom is -0.364 e. The molecule has 0 aliphatic rings. The van der Waals surface area contributed by atoms with Gasteiger partial charge in [0.25, 0.3) is 0 Å². The minimum absolute atomic E-state index is 0.686. The van der Waals surface area contributed by atoms with E-state index < -0.39 is 0 Å². The van der Waals surface area contributed by atoms with Crippen molar-refractivity contribution >= 4 is 16.7 Å². The number of nitrogens with one attached hydrogen (secondary N) is 1. The van der Waals surface area contributed by atoms with E-state index in [4.69, 9.17) is 0 Å². The van der Waals surface area contributed by atoms with Gasteiger partial charge in [-0.2, -0.15) is 5.10 Å². The molecule has 100 valence electrons. The van der Waals surface area contributed by atoms with Gasteiger partial charge in [0.05, 0.1) is 11.2 Å². The fourth-order valence-electron chi connectivity index (χ4n) is 2.13. The molecule has 0 spiro atoms. The lowest BCUT2D eigenvalue weighted by atomic mass is 10.1. The second-order valence-corrected chi connectivity index (χ2v) is 4.84. The normalized spacial score (nSPS) is 10.7. The molecule has 0 aliphatic carbocycles. The average Bonchev–Trinajstić information content (AvgIpc) is 2.48. The Kier molecular flexibility index (Phi) is 3.29. The molecule has 0 aliphatic heterocycles. The van der Waals surface area contributed by atoms with Crippen molar-refractivity contribution in [3.05, 3.63) is 59.4 Å². The highest BCUT2D eigenvalue weighted by molar-refractivity contribution is 5.81. The quantitative estimate of drug-likeness (QED) is 0.789. The summed E-state index contributed by atoms with van der Waals surface area (Å²) in [6.07, 6.45) is 1.82. The van der Waals surface area contributed by atoms with Gasteiger partial charge in [0.15, 0.2) is 0 Å². The van der Waals surface area contributed by atoms with Crippen molar-refractivity contribution in [1.82, 2.24) is 15.2 Å². The van der Waals surface area contributed by atoms with E-state index in [1.807, 2.05) is 38.2 Å². The van der Waals surface area contributed by atoms with Gasteiger partial charge in [0.1, 0.15) is 5.82 Å². The maximum Gasteiger partial charge on any atom is 0.149 e. The molecule has 4 heteroatoms. The SMILES string of the molecule is Cc1cc(NCc2cccc3cccnc23)nnc1C. The number of benzene rings is 1. The number of fused-ring (bicyclic) bond motifs is 1. The van der Waals surface area contributed by atoms with Gasteiger partial charge in [-0.05, 0) is 37.1 Å². The molecule has 3 rings (SSSR count). The first-order chi connectivity index (χ1) is 9.74. The number of anilines is 1. The summed E-state index contributed by atoms with van der Waals surface area (Å²) in [4.78, 5) is 4.45.